The zero-order valence-electron chi connectivity index (χ0n) is 10.8. The van der Waals surface area contributed by atoms with Crippen molar-refractivity contribution < 1.29 is 12.8 Å². The molecule has 2 N–H and O–H groups in total. The molecule has 114 valence electrons. The molecule has 1 saturated heterocycles. The van der Waals surface area contributed by atoms with Gasteiger partial charge in [0.1, 0.15) is 10.7 Å². The second-order valence-electron chi connectivity index (χ2n) is 4.58. The van der Waals surface area contributed by atoms with Gasteiger partial charge in [-0.1, -0.05) is 22.4 Å². The number of halogens is 3. The first-order valence-electron chi connectivity index (χ1n) is 6.14. The van der Waals surface area contributed by atoms with Crippen LogP contribution in [0, 0.1) is 5.82 Å². The van der Waals surface area contributed by atoms with Gasteiger partial charge in [-0.05, 0) is 31.0 Å². The van der Waals surface area contributed by atoms with Crippen LogP contribution >= 0.6 is 28.3 Å². The molecule has 1 aromatic rings. The molecule has 0 spiro atoms. The van der Waals surface area contributed by atoms with E-state index < -0.39 is 15.8 Å². The van der Waals surface area contributed by atoms with Crippen LogP contribution < -0.4 is 5.73 Å². The molecular formula is C12H17BrClFN2O2S. The smallest absolute Gasteiger partial charge is 0.246 e. The van der Waals surface area contributed by atoms with E-state index >= 15 is 0 Å². The standard InChI is InChI=1S/C12H16BrFN2O2S.ClH/c13-9-4-5-11(14)12(7-9)19(17,18)16-6-2-1-3-10(16)8-15;/h4-5,7,10H,1-3,6,8,15H2;1H. The molecule has 0 amide bonds. The number of nitrogens with two attached hydrogens (primary N) is 1. The second-order valence-corrected chi connectivity index (χ2v) is 7.35. The molecule has 0 saturated carbocycles. The van der Waals surface area contributed by atoms with E-state index in [4.69, 9.17) is 5.73 Å². The van der Waals surface area contributed by atoms with Crippen molar-refractivity contribution in [3.63, 3.8) is 0 Å². The summed E-state index contributed by atoms with van der Waals surface area (Å²) in [5, 5.41) is 0. The Labute approximate surface area is 133 Å². The normalized spacial score (nSPS) is 20.4. The van der Waals surface area contributed by atoms with E-state index in [1.54, 1.807) is 0 Å². The molecular weight excluding hydrogens is 371 g/mol. The average Bonchev–Trinajstić information content (AvgIpc) is 2.41. The highest BCUT2D eigenvalue weighted by Gasteiger charge is 2.34. The second kappa shape index (κ2) is 7.17. The van der Waals surface area contributed by atoms with Crippen molar-refractivity contribution in [3.8, 4) is 0 Å². The third-order valence-corrected chi connectivity index (χ3v) is 5.79. The Balaban J connectivity index is 0.00000200. The molecule has 1 fully saturated rings. The lowest BCUT2D eigenvalue weighted by molar-refractivity contribution is 0.257. The number of sulfonamides is 1. The van der Waals surface area contributed by atoms with Crippen molar-refractivity contribution in [1.82, 2.24) is 4.31 Å². The number of benzene rings is 1. The Kier molecular flexibility index (Phi) is 6.40. The fourth-order valence-corrected chi connectivity index (χ4v) is 4.64. The van der Waals surface area contributed by atoms with E-state index in [-0.39, 0.29) is 29.9 Å². The van der Waals surface area contributed by atoms with Crippen LogP contribution in [-0.4, -0.2) is 31.9 Å². The largest absolute Gasteiger partial charge is 0.329 e. The van der Waals surface area contributed by atoms with Crippen LogP contribution in [-0.2, 0) is 10.0 Å². The van der Waals surface area contributed by atoms with Gasteiger partial charge in [-0.2, -0.15) is 4.31 Å². The van der Waals surface area contributed by atoms with Gasteiger partial charge in [-0.15, -0.1) is 12.4 Å². The summed E-state index contributed by atoms with van der Waals surface area (Å²) in [5.74, 6) is -0.732. The van der Waals surface area contributed by atoms with Gasteiger partial charge in [-0.3, -0.25) is 0 Å². The van der Waals surface area contributed by atoms with Crippen molar-refractivity contribution in [1.29, 1.82) is 0 Å². The van der Waals surface area contributed by atoms with Crippen molar-refractivity contribution in [2.24, 2.45) is 5.73 Å². The third-order valence-electron chi connectivity index (χ3n) is 3.33. The molecule has 8 heteroatoms. The molecule has 1 atom stereocenters. The van der Waals surface area contributed by atoms with Crippen molar-refractivity contribution in [3.05, 3.63) is 28.5 Å². The highest BCUT2D eigenvalue weighted by Crippen LogP contribution is 2.28. The fraction of sp³-hybridized carbons (Fsp3) is 0.500. The summed E-state index contributed by atoms with van der Waals surface area (Å²) in [6.07, 6.45) is 2.46. The summed E-state index contributed by atoms with van der Waals surface area (Å²) in [5.41, 5.74) is 5.63. The molecule has 1 heterocycles. The van der Waals surface area contributed by atoms with Gasteiger partial charge in [0.25, 0.3) is 0 Å². The number of nitrogens with zero attached hydrogens (tertiary/aromatic N) is 1. The van der Waals surface area contributed by atoms with Crippen LogP contribution in [0.25, 0.3) is 0 Å². The summed E-state index contributed by atoms with van der Waals surface area (Å²) in [7, 11) is -3.83. The van der Waals surface area contributed by atoms with E-state index in [2.05, 4.69) is 15.9 Å². The summed E-state index contributed by atoms with van der Waals surface area (Å²) in [6, 6.07) is 3.69. The fourth-order valence-electron chi connectivity index (χ4n) is 2.33. The summed E-state index contributed by atoms with van der Waals surface area (Å²) in [4.78, 5) is -0.290. The Hall–Kier alpha value is -0.210. The zero-order valence-corrected chi connectivity index (χ0v) is 14.0. The van der Waals surface area contributed by atoms with Crippen LogP contribution in [0.1, 0.15) is 19.3 Å². The van der Waals surface area contributed by atoms with Gasteiger partial charge >= 0.3 is 0 Å². The molecule has 1 aromatic carbocycles. The van der Waals surface area contributed by atoms with E-state index in [1.807, 2.05) is 0 Å². The Bertz CT molecular complexity index is 571. The lowest BCUT2D eigenvalue weighted by Crippen LogP contribution is -2.47. The lowest BCUT2D eigenvalue weighted by Gasteiger charge is -2.33. The number of hydrogen-bond acceptors (Lipinski definition) is 3. The van der Waals surface area contributed by atoms with Gasteiger partial charge in [-0.25, -0.2) is 12.8 Å². The lowest BCUT2D eigenvalue weighted by atomic mass is 10.1. The molecule has 1 aliphatic rings. The van der Waals surface area contributed by atoms with Crippen molar-refractivity contribution >= 4 is 38.4 Å². The van der Waals surface area contributed by atoms with Crippen LogP contribution in [0.5, 0.6) is 0 Å². The van der Waals surface area contributed by atoms with E-state index in [1.165, 1.54) is 16.4 Å². The number of hydrogen-bond donors (Lipinski definition) is 1. The minimum absolute atomic E-state index is 0. The van der Waals surface area contributed by atoms with E-state index in [9.17, 15) is 12.8 Å². The SMILES string of the molecule is Cl.NCC1CCCCN1S(=O)(=O)c1cc(Br)ccc1F. The van der Waals surface area contributed by atoms with Gasteiger partial charge < -0.3 is 5.73 Å². The van der Waals surface area contributed by atoms with Gasteiger partial charge in [0.15, 0.2) is 0 Å². The molecule has 0 aliphatic carbocycles. The molecule has 1 aliphatic heterocycles. The molecule has 1 unspecified atom stereocenters. The number of piperidine rings is 1. The van der Waals surface area contributed by atoms with Gasteiger partial charge in [0.05, 0.1) is 0 Å². The number of rotatable bonds is 3. The quantitative estimate of drug-likeness (QED) is 0.867. The van der Waals surface area contributed by atoms with E-state index in [0.717, 1.165) is 25.3 Å². The van der Waals surface area contributed by atoms with Gasteiger partial charge in [0, 0.05) is 23.6 Å². The molecule has 0 aromatic heterocycles. The van der Waals surface area contributed by atoms with Crippen molar-refractivity contribution in [2.45, 2.75) is 30.2 Å². The molecule has 20 heavy (non-hydrogen) atoms. The maximum atomic E-state index is 13.8. The molecule has 2 rings (SSSR count). The molecule has 0 radical (unpaired) electrons. The summed E-state index contributed by atoms with van der Waals surface area (Å²) in [6.45, 7) is 0.658. The topological polar surface area (TPSA) is 63.4 Å². The minimum Gasteiger partial charge on any atom is -0.329 e. The highest BCUT2D eigenvalue weighted by atomic mass is 79.9. The first-order valence-corrected chi connectivity index (χ1v) is 8.37. The first kappa shape index (κ1) is 17.8. The van der Waals surface area contributed by atoms with Gasteiger partial charge in [0.2, 0.25) is 10.0 Å². The average molecular weight is 388 g/mol. The van der Waals surface area contributed by atoms with Crippen LogP contribution in [0.15, 0.2) is 27.6 Å². The zero-order chi connectivity index (χ0) is 14.0. The predicted molar refractivity (Wildman–Crippen MR) is 81.9 cm³/mol. The Morgan fingerprint density at radius 3 is 2.75 bits per heavy atom. The van der Waals surface area contributed by atoms with Crippen LogP contribution in [0.4, 0.5) is 4.39 Å². The summed E-state index contributed by atoms with van der Waals surface area (Å²) < 4.78 is 40.7. The van der Waals surface area contributed by atoms with Crippen LogP contribution in [0.2, 0.25) is 0 Å². The maximum absolute atomic E-state index is 13.8. The molecule has 4 nitrogen and oxygen atoms in total. The van der Waals surface area contributed by atoms with Crippen LogP contribution in [0.3, 0.4) is 0 Å². The summed E-state index contributed by atoms with van der Waals surface area (Å²) >= 11 is 3.17. The third kappa shape index (κ3) is 3.51. The Morgan fingerprint density at radius 2 is 2.10 bits per heavy atom. The van der Waals surface area contributed by atoms with Crippen molar-refractivity contribution in [2.75, 3.05) is 13.1 Å². The van der Waals surface area contributed by atoms with E-state index in [0.29, 0.717) is 11.0 Å². The highest BCUT2D eigenvalue weighted by molar-refractivity contribution is 9.10. The molecule has 0 bridgehead atoms. The monoisotopic (exact) mass is 386 g/mol. The predicted octanol–water partition coefficient (Wildman–Crippen LogP) is 2.51. The maximum Gasteiger partial charge on any atom is 0.246 e. The minimum atomic E-state index is -3.83. The Morgan fingerprint density at radius 1 is 1.40 bits per heavy atom. The first-order chi connectivity index (χ1) is 8.96.